The molecule has 2 aromatic rings. The molecule has 0 spiro atoms. The number of hydrogen-bond acceptors (Lipinski definition) is 5. The van der Waals surface area contributed by atoms with Crippen molar-refractivity contribution in [1.29, 1.82) is 0 Å². The van der Waals surface area contributed by atoms with E-state index in [-0.39, 0.29) is 28.6 Å². The van der Waals surface area contributed by atoms with E-state index >= 15 is 0 Å². The highest BCUT2D eigenvalue weighted by Crippen LogP contribution is 2.26. The molecule has 6 heteroatoms. The Hall–Kier alpha value is -1.88. The van der Waals surface area contributed by atoms with Gasteiger partial charge in [0, 0.05) is 6.20 Å². The van der Waals surface area contributed by atoms with E-state index < -0.39 is 5.97 Å². The average molecular weight is 253 g/mol. The van der Waals surface area contributed by atoms with Gasteiger partial charge in [0.15, 0.2) is 5.75 Å². The first-order valence-electron chi connectivity index (χ1n) is 4.94. The van der Waals surface area contributed by atoms with Crippen LogP contribution in [0.4, 0.5) is 0 Å². The predicted octanol–water partition coefficient (Wildman–Crippen LogP) is 2.17. The molecule has 0 aliphatic heterocycles. The monoisotopic (exact) mass is 252 g/mol. The van der Waals surface area contributed by atoms with Gasteiger partial charge in [0.2, 0.25) is 0 Å². The van der Waals surface area contributed by atoms with Crippen molar-refractivity contribution in [3.8, 4) is 5.75 Å². The molecule has 1 N–H and O–H groups in total. The van der Waals surface area contributed by atoms with Crippen molar-refractivity contribution < 1.29 is 14.6 Å². The number of carbonyl (C=O) groups excluding carboxylic acids is 1. The molecule has 17 heavy (non-hydrogen) atoms. The molecule has 0 radical (unpaired) electrons. The van der Waals surface area contributed by atoms with Crippen LogP contribution in [0.25, 0.3) is 11.0 Å². The number of nitrogens with zero attached hydrogens (tertiary/aromatic N) is 2. The summed E-state index contributed by atoms with van der Waals surface area (Å²) in [4.78, 5) is 19.4. The molecule has 0 aliphatic carbocycles. The van der Waals surface area contributed by atoms with E-state index in [0.717, 1.165) is 0 Å². The quantitative estimate of drug-likeness (QED) is 0.655. The summed E-state index contributed by atoms with van der Waals surface area (Å²) in [5.74, 6) is -0.905. The number of hydrogen-bond donors (Lipinski definition) is 1. The van der Waals surface area contributed by atoms with E-state index in [9.17, 15) is 9.90 Å². The van der Waals surface area contributed by atoms with Crippen LogP contribution in [-0.4, -0.2) is 27.7 Å². The Morgan fingerprint density at radius 2 is 2.29 bits per heavy atom. The average Bonchev–Trinajstić information content (AvgIpc) is 2.30. The van der Waals surface area contributed by atoms with E-state index in [1.54, 1.807) is 19.1 Å². The third-order valence-electron chi connectivity index (χ3n) is 2.15. The third-order valence-corrected chi connectivity index (χ3v) is 2.36. The summed E-state index contributed by atoms with van der Waals surface area (Å²) in [6.07, 6.45) is 1.26. The Kier molecular flexibility index (Phi) is 3.10. The fourth-order valence-electron chi connectivity index (χ4n) is 1.39. The summed E-state index contributed by atoms with van der Waals surface area (Å²) in [6, 6.07) is 3.17. The Morgan fingerprint density at radius 1 is 1.53 bits per heavy atom. The van der Waals surface area contributed by atoms with Crippen LogP contribution >= 0.6 is 11.6 Å². The van der Waals surface area contributed by atoms with Gasteiger partial charge < -0.3 is 9.84 Å². The lowest BCUT2D eigenvalue weighted by molar-refractivity contribution is 0.0523. The molecule has 0 saturated heterocycles. The summed E-state index contributed by atoms with van der Waals surface area (Å²) in [7, 11) is 0. The van der Waals surface area contributed by atoms with Gasteiger partial charge in [-0.3, -0.25) is 4.98 Å². The molecule has 0 aromatic carbocycles. The van der Waals surface area contributed by atoms with E-state index in [4.69, 9.17) is 16.3 Å². The molecule has 88 valence electrons. The first-order valence-corrected chi connectivity index (χ1v) is 5.32. The number of rotatable bonds is 2. The molecule has 0 fully saturated rings. The maximum Gasteiger partial charge on any atom is 0.343 e. The minimum Gasteiger partial charge on any atom is -0.505 e. The first kappa shape index (κ1) is 11.6. The van der Waals surface area contributed by atoms with Crippen LogP contribution in [0.2, 0.25) is 5.15 Å². The second-order valence-corrected chi connectivity index (χ2v) is 3.63. The molecular formula is C11H9ClN2O3. The van der Waals surface area contributed by atoms with Crippen LogP contribution in [0.15, 0.2) is 18.3 Å². The highest BCUT2D eigenvalue weighted by molar-refractivity contribution is 6.29. The Morgan fingerprint density at radius 3 is 3.00 bits per heavy atom. The van der Waals surface area contributed by atoms with Crippen molar-refractivity contribution in [2.45, 2.75) is 6.92 Å². The van der Waals surface area contributed by atoms with E-state index in [1.165, 1.54) is 6.20 Å². The number of aromatic hydroxyl groups is 1. The number of pyridine rings is 2. The van der Waals surface area contributed by atoms with Gasteiger partial charge in [-0.05, 0) is 19.1 Å². The van der Waals surface area contributed by atoms with Crippen molar-refractivity contribution in [2.75, 3.05) is 6.61 Å². The second-order valence-electron chi connectivity index (χ2n) is 3.24. The summed E-state index contributed by atoms with van der Waals surface area (Å²) in [6.45, 7) is 1.90. The van der Waals surface area contributed by atoms with Gasteiger partial charge in [-0.2, -0.15) is 0 Å². The SMILES string of the molecule is CCOC(=O)c1cnc2ccc(Cl)nc2c1O. The lowest BCUT2D eigenvalue weighted by Gasteiger charge is -2.06. The normalized spacial score (nSPS) is 10.5. The number of aromatic nitrogens is 2. The molecular weight excluding hydrogens is 244 g/mol. The maximum absolute atomic E-state index is 11.5. The number of fused-ring (bicyclic) bond motifs is 1. The maximum atomic E-state index is 11.5. The molecule has 2 heterocycles. The molecule has 0 saturated carbocycles. The summed E-state index contributed by atoms with van der Waals surface area (Å²) in [5, 5.41) is 10.1. The number of ether oxygens (including phenoxy) is 1. The van der Waals surface area contributed by atoms with Crippen molar-refractivity contribution in [1.82, 2.24) is 9.97 Å². The lowest BCUT2D eigenvalue weighted by Crippen LogP contribution is -2.06. The van der Waals surface area contributed by atoms with E-state index in [0.29, 0.717) is 5.52 Å². The van der Waals surface area contributed by atoms with Gasteiger partial charge in [0.25, 0.3) is 0 Å². The molecule has 0 bridgehead atoms. The van der Waals surface area contributed by atoms with Crippen molar-refractivity contribution in [2.24, 2.45) is 0 Å². The highest BCUT2D eigenvalue weighted by atomic mass is 35.5. The third kappa shape index (κ3) is 2.14. The molecule has 5 nitrogen and oxygen atoms in total. The lowest BCUT2D eigenvalue weighted by atomic mass is 10.2. The van der Waals surface area contributed by atoms with Gasteiger partial charge in [-0.1, -0.05) is 11.6 Å². The fourth-order valence-corrected chi connectivity index (χ4v) is 1.53. The second kappa shape index (κ2) is 4.55. The predicted molar refractivity (Wildman–Crippen MR) is 62.2 cm³/mol. The zero-order valence-corrected chi connectivity index (χ0v) is 9.73. The van der Waals surface area contributed by atoms with Crippen molar-refractivity contribution in [3.63, 3.8) is 0 Å². The van der Waals surface area contributed by atoms with E-state index in [2.05, 4.69) is 9.97 Å². The Balaban J connectivity index is 2.60. The Bertz CT molecular complexity index is 586. The minimum absolute atomic E-state index is 0.0193. The Labute approximate surface area is 102 Å². The standard InChI is InChI=1S/C11H9ClN2O3/c1-2-17-11(16)6-5-13-7-3-4-8(12)14-9(7)10(6)15/h3-5H,2H2,1H3,(H,13,15). The largest absolute Gasteiger partial charge is 0.505 e. The zero-order valence-electron chi connectivity index (χ0n) is 8.98. The summed E-state index contributed by atoms with van der Waals surface area (Å²) < 4.78 is 4.79. The smallest absolute Gasteiger partial charge is 0.343 e. The van der Waals surface area contributed by atoms with E-state index in [1.807, 2.05) is 0 Å². The molecule has 0 atom stereocenters. The van der Waals surface area contributed by atoms with Crippen LogP contribution in [0, 0.1) is 0 Å². The summed E-state index contributed by atoms with van der Waals surface area (Å²) >= 11 is 5.72. The van der Waals surface area contributed by atoms with Gasteiger partial charge >= 0.3 is 5.97 Å². The first-order chi connectivity index (χ1) is 8.13. The highest BCUT2D eigenvalue weighted by Gasteiger charge is 2.16. The van der Waals surface area contributed by atoms with Gasteiger partial charge in [-0.15, -0.1) is 0 Å². The number of carbonyl (C=O) groups is 1. The number of halogens is 1. The summed E-state index contributed by atoms with van der Waals surface area (Å²) in [5.41, 5.74) is 0.622. The molecule has 0 aliphatic rings. The van der Waals surface area contributed by atoms with Crippen LogP contribution < -0.4 is 0 Å². The van der Waals surface area contributed by atoms with Crippen LogP contribution in [0.3, 0.4) is 0 Å². The fraction of sp³-hybridized carbons (Fsp3) is 0.182. The van der Waals surface area contributed by atoms with Crippen molar-refractivity contribution in [3.05, 3.63) is 29.0 Å². The molecule has 2 aromatic heterocycles. The van der Waals surface area contributed by atoms with Gasteiger partial charge in [0.1, 0.15) is 16.2 Å². The van der Waals surface area contributed by atoms with Gasteiger partial charge in [-0.25, -0.2) is 9.78 Å². The minimum atomic E-state index is -0.638. The molecule has 2 rings (SSSR count). The topological polar surface area (TPSA) is 72.3 Å². The number of esters is 1. The van der Waals surface area contributed by atoms with Crippen molar-refractivity contribution >= 4 is 28.6 Å². The van der Waals surface area contributed by atoms with Crippen LogP contribution in [-0.2, 0) is 4.74 Å². The molecule has 0 unspecified atom stereocenters. The van der Waals surface area contributed by atoms with Crippen LogP contribution in [0.5, 0.6) is 5.75 Å². The van der Waals surface area contributed by atoms with Gasteiger partial charge in [0.05, 0.1) is 12.1 Å². The zero-order chi connectivity index (χ0) is 12.4. The molecule has 0 amide bonds. The van der Waals surface area contributed by atoms with Crippen LogP contribution in [0.1, 0.15) is 17.3 Å².